The van der Waals surface area contributed by atoms with Gasteiger partial charge in [0, 0.05) is 0 Å². The summed E-state index contributed by atoms with van der Waals surface area (Å²) in [5, 5.41) is 0. The minimum atomic E-state index is -0.183. The Morgan fingerprint density at radius 3 is 2.56 bits per heavy atom. The molecule has 0 spiro atoms. The van der Waals surface area contributed by atoms with Crippen LogP contribution in [0.1, 0.15) is 32.1 Å². The van der Waals surface area contributed by atoms with Crippen molar-refractivity contribution in [2.24, 2.45) is 5.73 Å². The fourth-order valence-corrected chi connectivity index (χ4v) is 2.43. The van der Waals surface area contributed by atoms with Crippen molar-refractivity contribution in [3.8, 4) is 5.75 Å². The quantitative estimate of drug-likeness (QED) is 0.786. The fraction of sp³-hybridized carbons (Fsp3) is 0.600. The third-order valence-corrected chi connectivity index (χ3v) is 3.44. The zero-order valence-electron chi connectivity index (χ0n) is 11.1. The van der Waals surface area contributed by atoms with Crippen LogP contribution in [-0.2, 0) is 0 Å². The summed E-state index contributed by atoms with van der Waals surface area (Å²) in [6.45, 7) is 3.68. The van der Waals surface area contributed by atoms with E-state index in [1.54, 1.807) is 0 Å². The lowest BCUT2D eigenvalue weighted by molar-refractivity contribution is 0.174. The number of hydrogen-bond acceptors (Lipinski definition) is 3. The van der Waals surface area contributed by atoms with Crippen molar-refractivity contribution < 1.29 is 4.74 Å². The van der Waals surface area contributed by atoms with E-state index in [2.05, 4.69) is 4.90 Å². The smallest absolute Gasteiger partial charge is 0.147 e. The van der Waals surface area contributed by atoms with E-state index in [9.17, 15) is 0 Å². The Labute approximate surface area is 110 Å². The summed E-state index contributed by atoms with van der Waals surface area (Å²) in [4.78, 5) is 2.54. The van der Waals surface area contributed by atoms with E-state index in [0.717, 1.165) is 25.1 Å². The predicted molar refractivity (Wildman–Crippen MR) is 74.6 cm³/mol. The highest BCUT2D eigenvalue weighted by Gasteiger charge is 2.10. The number of hydrogen-bond donors (Lipinski definition) is 1. The molecule has 0 aromatic heterocycles. The highest BCUT2D eigenvalue weighted by atomic mass is 16.5. The summed E-state index contributed by atoms with van der Waals surface area (Å²) in [6, 6.07) is 9.81. The van der Waals surface area contributed by atoms with E-state index in [0.29, 0.717) is 0 Å². The summed E-state index contributed by atoms with van der Waals surface area (Å²) in [6.07, 6.45) is 5.96. The summed E-state index contributed by atoms with van der Waals surface area (Å²) in [7, 11) is 0. The lowest BCUT2D eigenvalue weighted by Gasteiger charge is -2.26. The molecular weight excluding hydrogens is 224 g/mol. The minimum Gasteiger partial charge on any atom is -0.476 e. The SMILES string of the molecule is NC(CCCN1CCCCC1)Oc1ccccc1. The van der Waals surface area contributed by atoms with Crippen molar-refractivity contribution in [3.05, 3.63) is 30.3 Å². The van der Waals surface area contributed by atoms with Gasteiger partial charge in [0.05, 0.1) is 0 Å². The van der Waals surface area contributed by atoms with E-state index >= 15 is 0 Å². The van der Waals surface area contributed by atoms with Gasteiger partial charge < -0.3 is 9.64 Å². The zero-order chi connectivity index (χ0) is 12.6. The van der Waals surface area contributed by atoms with Crippen LogP contribution in [0.15, 0.2) is 30.3 Å². The fourth-order valence-electron chi connectivity index (χ4n) is 2.43. The predicted octanol–water partition coefficient (Wildman–Crippen LogP) is 2.62. The lowest BCUT2D eigenvalue weighted by Crippen LogP contribution is -2.33. The van der Waals surface area contributed by atoms with Crippen molar-refractivity contribution in [2.75, 3.05) is 19.6 Å². The maximum Gasteiger partial charge on any atom is 0.147 e. The molecule has 1 fully saturated rings. The van der Waals surface area contributed by atoms with E-state index < -0.39 is 0 Å². The topological polar surface area (TPSA) is 38.5 Å². The number of likely N-dealkylation sites (tertiary alicyclic amines) is 1. The number of para-hydroxylation sites is 1. The van der Waals surface area contributed by atoms with Gasteiger partial charge in [-0.3, -0.25) is 5.73 Å². The molecule has 2 N–H and O–H groups in total. The molecule has 0 aliphatic carbocycles. The van der Waals surface area contributed by atoms with Gasteiger partial charge in [-0.2, -0.15) is 0 Å². The van der Waals surface area contributed by atoms with Gasteiger partial charge in [0.15, 0.2) is 0 Å². The molecule has 3 nitrogen and oxygen atoms in total. The standard InChI is InChI=1S/C15H24N2O/c16-15(18-14-8-3-1-4-9-14)10-7-13-17-11-5-2-6-12-17/h1,3-4,8-9,15H,2,5-7,10-13,16H2. The van der Waals surface area contributed by atoms with Crippen LogP contribution in [0.4, 0.5) is 0 Å². The zero-order valence-corrected chi connectivity index (χ0v) is 11.1. The highest BCUT2D eigenvalue weighted by molar-refractivity contribution is 5.21. The largest absolute Gasteiger partial charge is 0.476 e. The molecular formula is C15H24N2O. The van der Waals surface area contributed by atoms with Crippen LogP contribution in [-0.4, -0.2) is 30.8 Å². The Balaban J connectivity index is 1.61. The molecule has 1 atom stereocenters. The first-order valence-corrected chi connectivity index (χ1v) is 7.04. The minimum absolute atomic E-state index is 0.183. The van der Waals surface area contributed by atoms with Crippen LogP contribution in [0.5, 0.6) is 5.75 Å². The second-order valence-electron chi connectivity index (χ2n) is 5.01. The molecule has 2 rings (SSSR count). The molecule has 1 saturated heterocycles. The van der Waals surface area contributed by atoms with Crippen molar-refractivity contribution in [3.63, 3.8) is 0 Å². The van der Waals surface area contributed by atoms with Gasteiger partial charge >= 0.3 is 0 Å². The molecule has 1 aliphatic heterocycles. The molecule has 3 heteroatoms. The second-order valence-corrected chi connectivity index (χ2v) is 5.01. The van der Waals surface area contributed by atoms with Crippen molar-refractivity contribution in [1.82, 2.24) is 4.90 Å². The normalized spacial score (nSPS) is 18.5. The molecule has 0 saturated carbocycles. The van der Waals surface area contributed by atoms with Crippen molar-refractivity contribution >= 4 is 0 Å². The summed E-state index contributed by atoms with van der Waals surface area (Å²) in [5.41, 5.74) is 5.98. The Kier molecular flexibility index (Phi) is 5.49. The van der Waals surface area contributed by atoms with Gasteiger partial charge in [0.2, 0.25) is 0 Å². The Morgan fingerprint density at radius 2 is 1.83 bits per heavy atom. The first-order valence-electron chi connectivity index (χ1n) is 7.04. The Morgan fingerprint density at radius 1 is 1.11 bits per heavy atom. The molecule has 0 amide bonds. The molecule has 0 bridgehead atoms. The average Bonchev–Trinajstić information content (AvgIpc) is 2.41. The first-order chi connectivity index (χ1) is 8.84. The number of nitrogens with two attached hydrogens (primary N) is 1. The highest BCUT2D eigenvalue weighted by Crippen LogP contribution is 2.13. The molecule has 1 heterocycles. The van der Waals surface area contributed by atoms with Crippen LogP contribution in [0, 0.1) is 0 Å². The number of ether oxygens (including phenoxy) is 1. The Hall–Kier alpha value is -1.06. The summed E-state index contributed by atoms with van der Waals surface area (Å²) in [5.74, 6) is 0.864. The van der Waals surface area contributed by atoms with Gasteiger partial charge in [-0.15, -0.1) is 0 Å². The van der Waals surface area contributed by atoms with Crippen molar-refractivity contribution in [2.45, 2.75) is 38.3 Å². The van der Waals surface area contributed by atoms with Crippen molar-refractivity contribution in [1.29, 1.82) is 0 Å². The molecule has 1 aliphatic rings. The van der Waals surface area contributed by atoms with Crippen LogP contribution >= 0.6 is 0 Å². The molecule has 0 radical (unpaired) electrons. The van der Waals surface area contributed by atoms with Crippen LogP contribution < -0.4 is 10.5 Å². The lowest BCUT2D eigenvalue weighted by atomic mass is 10.1. The van der Waals surface area contributed by atoms with Gasteiger partial charge in [-0.05, 0) is 57.5 Å². The van der Waals surface area contributed by atoms with E-state index in [4.69, 9.17) is 10.5 Å². The second kappa shape index (κ2) is 7.39. The third kappa shape index (κ3) is 4.67. The molecule has 1 aromatic rings. The maximum absolute atomic E-state index is 5.98. The average molecular weight is 248 g/mol. The number of piperidine rings is 1. The van der Waals surface area contributed by atoms with Gasteiger partial charge in [0.25, 0.3) is 0 Å². The van der Waals surface area contributed by atoms with Gasteiger partial charge in [-0.1, -0.05) is 24.6 Å². The van der Waals surface area contributed by atoms with Gasteiger partial charge in [-0.25, -0.2) is 0 Å². The molecule has 1 aromatic carbocycles. The monoisotopic (exact) mass is 248 g/mol. The number of benzene rings is 1. The number of nitrogens with zero attached hydrogens (tertiary/aromatic N) is 1. The maximum atomic E-state index is 5.98. The van der Waals surface area contributed by atoms with Crippen LogP contribution in [0.3, 0.4) is 0 Å². The van der Waals surface area contributed by atoms with Crippen LogP contribution in [0.2, 0.25) is 0 Å². The molecule has 100 valence electrons. The molecule has 18 heavy (non-hydrogen) atoms. The molecule has 1 unspecified atom stereocenters. The van der Waals surface area contributed by atoms with E-state index in [1.165, 1.54) is 32.4 Å². The van der Waals surface area contributed by atoms with E-state index in [1.807, 2.05) is 30.3 Å². The third-order valence-electron chi connectivity index (χ3n) is 3.44. The summed E-state index contributed by atoms with van der Waals surface area (Å²) >= 11 is 0. The van der Waals surface area contributed by atoms with Gasteiger partial charge in [0.1, 0.15) is 12.0 Å². The summed E-state index contributed by atoms with van der Waals surface area (Å²) < 4.78 is 5.66. The van der Waals surface area contributed by atoms with Crippen LogP contribution in [0.25, 0.3) is 0 Å². The Bertz CT molecular complexity index is 323. The first kappa shape index (κ1) is 13.4. The number of rotatable bonds is 6. The van der Waals surface area contributed by atoms with E-state index in [-0.39, 0.29) is 6.23 Å².